The molecule has 1 unspecified atom stereocenters. The van der Waals surface area contributed by atoms with E-state index in [4.69, 9.17) is 19.3 Å². The molecule has 182 valence electrons. The maximum Gasteiger partial charge on any atom is 0.254 e. The standard InChI is InChI=1S/C23H22FN5O6/c24-15-9-26-23(29-21(15)27-12-1-3-18-19(7-12)34-6-5-33-18)28-16-2-4-17-14(11-35-17)20(16)22(32)25-8-13(31)10-30/h1-4,7,9,13,30-31H,5-6,8,10-11H2,(H,25,32)(H2,26,27,28,29). The number of hydrogen-bond donors (Lipinski definition) is 5. The van der Waals surface area contributed by atoms with Crippen LogP contribution in [0.4, 0.5) is 27.5 Å². The molecule has 0 radical (unpaired) electrons. The molecule has 2 aliphatic heterocycles. The Morgan fingerprint density at radius 2 is 1.89 bits per heavy atom. The van der Waals surface area contributed by atoms with Crippen LogP contribution >= 0.6 is 0 Å². The molecule has 1 aromatic heterocycles. The van der Waals surface area contributed by atoms with Gasteiger partial charge in [0.2, 0.25) is 5.95 Å². The smallest absolute Gasteiger partial charge is 0.254 e. The molecule has 1 atom stereocenters. The van der Waals surface area contributed by atoms with E-state index in [0.29, 0.717) is 47.4 Å². The molecule has 0 saturated heterocycles. The number of aromatic nitrogens is 2. The lowest BCUT2D eigenvalue weighted by Gasteiger charge is -2.25. The first-order valence-corrected chi connectivity index (χ1v) is 10.8. The van der Waals surface area contributed by atoms with Crippen LogP contribution in [-0.2, 0) is 6.61 Å². The van der Waals surface area contributed by atoms with Gasteiger partial charge in [0.1, 0.15) is 25.6 Å². The molecule has 5 rings (SSSR count). The molecule has 2 aliphatic rings. The molecular weight excluding hydrogens is 461 g/mol. The third-order valence-corrected chi connectivity index (χ3v) is 5.37. The molecule has 0 saturated carbocycles. The molecule has 35 heavy (non-hydrogen) atoms. The van der Waals surface area contributed by atoms with Crippen LogP contribution in [-0.4, -0.2) is 58.6 Å². The largest absolute Gasteiger partial charge is 0.488 e. The zero-order valence-electron chi connectivity index (χ0n) is 18.4. The quantitative estimate of drug-likeness (QED) is 0.322. The van der Waals surface area contributed by atoms with Gasteiger partial charge in [-0.2, -0.15) is 4.98 Å². The first kappa shape index (κ1) is 22.6. The summed E-state index contributed by atoms with van der Waals surface area (Å²) in [7, 11) is 0. The van der Waals surface area contributed by atoms with E-state index in [2.05, 4.69) is 25.9 Å². The summed E-state index contributed by atoms with van der Waals surface area (Å²) in [5.74, 6) is 0.530. The highest BCUT2D eigenvalue weighted by Crippen LogP contribution is 2.37. The van der Waals surface area contributed by atoms with Crippen molar-refractivity contribution in [1.82, 2.24) is 15.3 Å². The molecule has 1 amide bonds. The Labute approximate surface area is 198 Å². The van der Waals surface area contributed by atoms with Gasteiger partial charge >= 0.3 is 0 Å². The monoisotopic (exact) mass is 483 g/mol. The van der Waals surface area contributed by atoms with Crippen LogP contribution in [0, 0.1) is 5.82 Å². The zero-order valence-corrected chi connectivity index (χ0v) is 18.4. The van der Waals surface area contributed by atoms with Crippen molar-refractivity contribution in [2.75, 3.05) is 37.0 Å². The van der Waals surface area contributed by atoms with E-state index in [1.165, 1.54) is 0 Å². The second kappa shape index (κ2) is 9.60. The number of carbonyl (C=O) groups excluding carboxylic acids is 1. The molecule has 3 heterocycles. The Morgan fingerprint density at radius 3 is 2.66 bits per heavy atom. The van der Waals surface area contributed by atoms with Crippen molar-refractivity contribution in [3.8, 4) is 17.2 Å². The summed E-state index contributed by atoms with van der Waals surface area (Å²) in [6.07, 6.45) is -0.0760. The van der Waals surface area contributed by atoms with Crippen molar-refractivity contribution >= 4 is 29.0 Å². The molecular formula is C23H22FN5O6. The third-order valence-electron chi connectivity index (χ3n) is 5.37. The molecule has 11 nitrogen and oxygen atoms in total. The van der Waals surface area contributed by atoms with E-state index in [1.807, 2.05) is 0 Å². The van der Waals surface area contributed by atoms with Crippen LogP contribution in [0.1, 0.15) is 15.9 Å². The third kappa shape index (κ3) is 4.74. The normalized spacial score (nSPS) is 14.1. The summed E-state index contributed by atoms with van der Waals surface area (Å²) in [4.78, 5) is 21.0. The van der Waals surface area contributed by atoms with Crippen molar-refractivity contribution in [2.45, 2.75) is 12.7 Å². The number of benzene rings is 2. The maximum atomic E-state index is 14.5. The number of fused-ring (bicyclic) bond motifs is 2. The van der Waals surface area contributed by atoms with Crippen LogP contribution < -0.4 is 30.2 Å². The van der Waals surface area contributed by atoms with Gasteiger partial charge in [0.05, 0.1) is 30.2 Å². The minimum atomic E-state index is -1.09. The van der Waals surface area contributed by atoms with Crippen LogP contribution in [0.2, 0.25) is 0 Å². The molecule has 0 fully saturated rings. The lowest BCUT2D eigenvalue weighted by atomic mass is 10.0. The van der Waals surface area contributed by atoms with Gasteiger partial charge in [-0.1, -0.05) is 0 Å². The number of nitrogens with one attached hydrogen (secondary N) is 3. The number of aliphatic hydroxyl groups is 2. The van der Waals surface area contributed by atoms with E-state index < -0.39 is 24.4 Å². The van der Waals surface area contributed by atoms with Gasteiger partial charge in [-0.3, -0.25) is 4.79 Å². The van der Waals surface area contributed by atoms with Crippen LogP contribution in [0.5, 0.6) is 17.2 Å². The fourth-order valence-corrected chi connectivity index (χ4v) is 3.60. The predicted molar refractivity (Wildman–Crippen MR) is 122 cm³/mol. The fraction of sp³-hybridized carbons (Fsp3) is 0.261. The number of nitrogens with zero attached hydrogens (tertiary/aromatic N) is 2. The first-order chi connectivity index (χ1) is 17.0. The van der Waals surface area contributed by atoms with Gasteiger partial charge in [-0.25, -0.2) is 9.37 Å². The SMILES string of the molecule is O=C(NCC(O)CO)c1c(Nc2ncc(F)c(Nc3ccc4c(c3)OCCO4)n2)ccc2c1CO2. The number of amides is 1. The highest BCUT2D eigenvalue weighted by Gasteiger charge is 2.27. The van der Waals surface area contributed by atoms with E-state index >= 15 is 0 Å². The average Bonchev–Trinajstić information content (AvgIpc) is 2.85. The molecule has 0 bridgehead atoms. The minimum absolute atomic E-state index is 0.0519. The Morgan fingerprint density at radius 1 is 1.09 bits per heavy atom. The van der Waals surface area contributed by atoms with Crippen molar-refractivity contribution in [3.63, 3.8) is 0 Å². The van der Waals surface area contributed by atoms with Gasteiger partial charge in [-0.15, -0.1) is 0 Å². The van der Waals surface area contributed by atoms with Crippen LogP contribution in [0.15, 0.2) is 36.5 Å². The molecule has 3 aromatic rings. The summed E-state index contributed by atoms with van der Waals surface area (Å²) in [6.45, 7) is 0.510. The Kier molecular flexibility index (Phi) is 6.21. The first-order valence-electron chi connectivity index (χ1n) is 10.8. The topological polar surface area (TPSA) is 147 Å². The Hall–Kier alpha value is -4.16. The summed E-state index contributed by atoms with van der Waals surface area (Å²) < 4.78 is 30.9. The van der Waals surface area contributed by atoms with Crippen LogP contribution in [0.3, 0.4) is 0 Å². The molecule has 0 spiro atoms. The maximum absolute atomic E-state index is 14.5. The number of carbonyl (C=O) groups is 1. The van der Waals surface area contributed by atoms with E-state index in [-0.39, 0.29) is 30.5 Å². The Balaban J connectivity index is 1.38. The van der Waals surface area contributed by atoms with Gasteiger partial charge in [0.25, 0.3) is 5.91 Å². The Bertz CT molecular complexity index is 1270. The van der Waals surface area contributed by atoms with Crippen molar-refractivity contribution < 1.29 is 33.6 Å². The highest BCUT2D eigenvalue weighted by molar-refractivity contribution is 6.02. The summed E-state index contributed by atoms with van der Waals surface area (Å²) in [6, 6.07) is 8.43. The average molecular weight is 483 g/mol. The summed E-state index contributed by atoms with van der Waals surface area (Å²) >= 11 is 0. The number of rotatable bonds is 8. The minimum Gasteiger partial charge on any atom is -0.488 e. The van der Waals surface area contributed by atoms with Gasteiger partial charge < -0.3 is 40.4 Å². The van der Waals surface area contributed by atoms with Crippen molar-refractivity contribution in [1.29, 1.82) is 0 Å². The highest BCUT2D eigenvalue weighted by atomic mass is 19.1. The van der Waals surface area contributed by atoms with Gasteiger partial charge in [-0.05, 0) is 24.3 Å². The second-order valence-electron chi connectivity index (χ2n) is 7.80. The van der Waals surface area contributed by atoms with Crippen molar-refractivity contribution in [3.05, 3.63) is 53.5 Å². The van der Waals surface area contributed by atoms with E-state index in [1.54, 1.807) is 30.3 Å². The van der Waals surface area contributed by atoms with E-state index in [9.17, 15) is 14.3 Å². The molecule has 12 heteroatoms. The van der Waals surface area contributed by atoms with Crippen LogP contribution in [0.25, 0.3) is 0 Å². The van der Waals surface area contributed by atoms with Crippen molar-refractivity contribution in [2.24, 2.45) is 0 Å². The summed E-state index contributed by atoms with van der Waals surface area (Å²) in [5, 5.41) is 27.0. The number of ether oxygens (including phenoxy) is 3. The molecule has 0 aliphatic carbocycles. The number of anilines is 4. The molecule has 5 N–H and O–H groups in total. The zero-order chi connectivity index (χ0) is 24.4. The second-order valence-corrected chi connectivity index (χ2v) is 7.80. The summed E-state index contributed by atoms with van der Waals surface area (Å²) in [5.41, 5.74) is 1.87. The molecule has 2 aromatic carbocycles. The van der Waals surface area contributed by atoms with Gasteiger partial charge in [0.15, 0.2) is 23.1 Å². The lowest BCUT2D eigenvalue weighted by molar-refractivity contribution is 0.0798. The fourth-order valence-electron chi connectivity index (χ4n) is 3.60. The number of aliphatic hydroxyl groups excluding tert-OH is 2. The predicted octanol–water partition coefficient (Wildman–Crippen LogP) is 1.85. The van der Waals surface area contributed by atoms with E-state index in [0.717, 1.165) is 6.20 Å². The number of halogens is 1. The lowest BCUT2D eigenvalue weighted by Crippen LogP contribution is -2.35. The number of hydrogen-bond acceptors (Lipinski definition) is 10. The van der Waals surface area contributed by atoms with Gasteiger partial charge in [0, 0.05) is 23.9 Å².